The molecule has 0 aliphatic heterocycles. The van der Waals surface area contributed by atoms with E-state index in [0.29, 0.717) is 12.1 Å². The summed E-state index contributed by atoms with van der Waals surface area (Å²) in [6, 6.07) is 3.20. The number of alkyl halides is 6. The molecule has 0 aromatic heterocycles. The second-order valence-corrected chi connectivity index (χ2v) is 6.33. The molecule has 0 radical (unpaired) electrons. The highest BCUT2D eigenvalue weighted by atomic mass is 32.2. The quantitative estimate of drug-likeness (QED) is 0.622. The maximum absolute atomic E-state index is 12.3. The fourth-order valence-corrected chi connectivity index (χ4v) is 3.19. The monoisotopic (exact) mass is 310 g/mol. The van der Waals surface area contributed by atoms with E-state index < -0.39 is 40.0 Å². The second kappa shape index (κ2) is 4.70. The number of halogens is 6. The van der Waals surface area contributed by atoms with E-state index in [1.54, 1.807) is 0 Å². The second-order valence-electron chi connectivity index (χ2n) is 3.07. The Morgan fingerprint density at radius 1 is 0.944 bits per heavy atom. The van der Waals surface area contributed by atoms with Crippen molar-refractivity contribution in [1.82, 2.24) is 0 Å². The van der Waals surface area contributed by atoms with Crippen molar-refractivity contribution in [2.45, 2.75) is 16.3 Å². The highest BCUT2D eigenvalue weighted by Crippen LogP contribution is 2.39. The number of rotatable bonds is 2. The van der Waals surface area contributed by atoms with Crippen LogP contribution >= 0.6 is 8.58 Å². The third kappa shape index (κ3) is 3.35. The van der Waals surface area contributed by atoms with Crippen molar-refractivity contribution in [2.75, 3.05) is 0 Å². The van der Waals surface area contributed by atoms with Crippen LogP contribution in [-0.2, 0) is 9.84 Å². The first-order valence-electron chi connectivity index (χ1n) is 4.20. The lowest BCUT2D eigenvalue weighted by Gasteiger charge is -2.13. The molecule has 0 aliphatic rings. The Hall–Kier alpha value is -0.820. The summed E-state index contributed by atoms with van der Waals surface area (Å²) in [5, 5.41) is -0.901. The Labute approximate surface area is 99.7 Å². The van der Waals surface area contributed by atoms with Gasteiger partial charge in [0.25, 0.3) is 9.84 Å². The molecule has 102 valence electrons. The van der Waals surface area contributed by atoms with Crippen molar-refractivity contribution in [1.29, 1.82) is 0 Å². The van der Waals surface area contributed by atoms with Crippen LogP contribution in [0.3, 0.4) is 0 Å². The van der Waals surface area contributed by atoms with Gasteiger partial charge in [-0.2, -0.15) is 26.3 Å². The predicted molar refractivity (Wildman–Crippen MR) is 53.7 cm³/mol. The van der Waals surface area contributed by atoms with Crippen LogP contribution < -0.4 is 5.30 Å². The highest BCUT2D eigenvalue weighted by molar-refractivity contribution is 7.92. The molecule has 1 unspecified atom stereocenters. The van der Waals surface area contributed by atoms with Crippen molar-refractivity contribution < 1.29 is 34.8 Å². The lowest BCUT2D eigenvalue weighted by atomic mass is 10.4. The molecular formula is C8H5F6O2PS. The summed E-state index contributed by atoms with van der Waals surface area (Å²) in [7, 11) is -7.79. The number of benzene rings is 1. The lowest BCUT2D eigenvalue weighted by Crippen LogP contribution is -2.27. The van der Waals surface area contributed by atoms with Crippen molar-refractivity contribution in [2.24, 2.45) is 0 Å². The summed E-state index contributed by atoms with van der Waals surface area (Å²) in [5.41, 5.74) is -5.63. The van der Waals surface area contributed by atoms with Crippen LogP contribution in [-0.4, -0.2) is 19.8 Å². The topological polar surface area (TPSA) is 34.1 Å². The van der Waals surface area contributed by atoms with Crippen LogP contribution in [0.5, 0.6) is 0 Å². The molecule has 0 amide bonds. The van der Waals surface area contributed by atoms with Gasteiger partial charge < -0.3 is 0 Å². The third-order valence-electron chi connectivity index (χ3n) is 1.76. The normalized spacial score (nSPS) is 14.3. The maximum Gasteiger partial charge on any atom is 0.501 e. The summed E-state index contributed by atoms with van der Waals surface area (Å²) in [6.45, 7) is 0. The van der Waals surface area contributed by atoms with Crippen molar-refractivity contribution in [3.8, 4) is 0 Å². The molecule has 2 nitrogen and oxygen atoms in total. The Morgan fingerprint density at radius 2 is 1.44 bits per heavy atom. The molecule has 10 heteroatoms. The van der Waals surface area contributed by atoms with Crippen LogP contribution in [0.2, 0.25) is 0 Å². The van der Waals surface area contributed by atoms with Crippen LogP contribution in [0.15, 0.2) is 29.2 Å². The zero-order valence-corrected chi connectivity index (χ0v) is 10.1. The standard InChI is InChI=1S/C8H5F6O2PS/c9-7(10,11)17-5-3-1-2-4-6(5)18(15,16)8(12,13)14/h1-4,17H. The van der Waals surface area contributed by atoms with Crippen molar-refractivity contribution >= 4 is 23.7 Å². The van der Waals surface area contributed by atoms with E-state index in [1.807, 2.05) is 0 Å². The molecule has 0 aliphatic carbocycles. The molecule has 1 aromatic carbocycles. The number of hydrogen-bond donors (Lipinski definition) is 0. The van der Waals surface area contributed by atoms with Crippen molar-refractivity contribution in [3.63, 3.8) is 0 Å². The molecule has 1 atom stereocenters. The first-order valence-corrected chi connectivity index (χ1v) is 6.69. The average molecular weight is 310 g/mol. The van der Waals surface area contributed by atoms with Crippen LogP contribution in [0, 0.1) is 0 Å². The number of sulfone groups is 1. The zero-order valence-electron chi connectivity index (χ0n) is 8.30. The zero-order chi connectivity index (χ0) is 14.2. The van der Waals surface area contributed by atoms with Crippen LogP contribution in [0.25, 0.3) is 0 Å². The van der Waals surface area contributed by atoms with Gasteiger partial charge in [0, 0.05) is 13.9 Å². The minimum atomic E-state index is -5.77. The van der Waals surface area contributed by atoms with E-state index in [1.165, 1.54) is 0 Å². The van der Waals surface area contributed by atoms with Crippen LogP contribution in [0.4, 0.5) is 26.3 Å². The lowest BCUT2D eigenvalue weighted by molar-refractivity contribution is -0.0438. The van der Waals surface area contributed by atoms with Gasteiger partial charge in [-0.1, -0.05) is 18.2 Å². The van der Waals surface area contributed by atoms with E-state index in [-0.39, 0.29) is 0 Å². The van der Waals surface area contributed by atoms with Crippen LogP contribution in [0.1, 0.15) is 0 Å². The molecular weight excluding hydrogens is 305 g/mol. The molecule has 0 spiro atoms. The minimum absolute atomic E-state index is 0.511. The molecule has 18 heavy (non-hydrogen) atoms. The molecule has 1 aromatic rings. The summed E-state index contributed by atoms with van der Waals surface area (Å²) in [4.78, 5) is -1.35. The molecule has 0 saturated carbocycles. The maximum atomic E-state index is 12.3. The van der Waals surface area contributed by atoms with Gasteiger partial charge in [0.2, 0.25) is 0 Å². The molecule has 0 saturated heterocycles. The van der Waals surface area contributed by atoms with Gasteiger partial charge in [0.15, 0.2) is 0 Å². The highest BCUT2D eigenvalue weighted by Gasteiger charge is 2.48. The van der Waals surface area contributed by atoms with Gasteiger partial charge in [-0.25, -0.2) is 8.42 Å². The predicted octanol–water partition coefficient (Wildman–Crippen LogP) is 2.80. The summed E-state index contributed by atoms with van der Waals surface area (Å²) < 4.78 is 95.4. The summed E-state index contributed by atoms with van der Waals surface area (Å²) in [5.74, 6) is -4.77. The van der Waals surface area contributed by atoms with Gasteiger partial charge >= 0.3 is 11.4 Å². The SMILES string of the molecule is O=S(=O)(c1ccccc1PC(F)(F)F)C(F)(F)F. The van der Waals surface area contributed by atoms with E-state index in [2.05, 4.69) is 0 Å². The summed E-state index contributed by atoms with van der Waals surface area (Å²) in [6.07, 6.45) is 0. The van der Waals surface area contributed by atoms with Gasteiger partial charge in [-0.15, -0.1) is 0 Å². The smallest absolute Gasteiger partial charge is 0.214 e. The van der Waals surface area contributed by atoms with Crippen molar-refractivity contribution in [3.05, 3.63) is 24.3 Å². The van der Waals surface area contributed by atoms with Gasteiger partial charge in [0.05, 0.1) is 4.90 Å². The fourth-order valence-electron chi connectivity index (χ4n) is 1.08. The third-order valence-corrected chi connectivity index (χ3v) is 4.47. The molecule has 0 heterocycles. The van der Waals surface area contributed by atoms with Gasteiger partial charge in [-0.3, -0.25) is 0 Å². The van der Waals surface area contributed by atoms with E-state index in [0.717, 1.165) is 12.1 Å². The molecule has 1 rings (SSSR count). The minimum Gasteiger partial charge on any atom is -0.214 e. The Morgan fingerprint density at radius 3 is 1.89 bits per heavy atom. The summed E-state index contributed by atoms with van der Waals surface area (Å²) >= 11 is 0. The fraction of sp³-hybridized carbons (Fsp3) is 0.250. The molecule has 0 bridgehead atoms. The Kier molecular flexibility index (Phi) is 3.97. The largest absolute Gasteiger partial charge is 0.501 e. The Balaban J connectivity index is 3.36. The number of hydrogen-bond acceptors (Lipinski definition) is 2. The molecule has 0 fully saturated rings. The van der Waals surface area contributed by atoms with Gasteiger partial charge in [-0.05, 0) is 6.07 Å². The molecule has 0 N–H and O–H groups in total. The first-order chi connectivity index (χ1) is 7.95. The Bertz CT molecular complexity index is 533. The van der Waals surface area contributed by atoms with E-state index >= 15 is 0 Å². The van der Waals surface area contributed by atoms with E-state index in [4.69, 9.17) is 0 Å². The van der Waals surface area contributed by atoms with E-state index in [9.17, 15) is 34.8 Å². The van der Waals surface area contributed by atoms with Gasteiger partial charge in [0.1, 0.15) is 0 Å². The average Bonchev–Trinajstić information content (AvgIpc) is 2.13. The first kappa shape index (κ1) is 15.2.